The predicted molar refractivity (Wildman–Crippen MR) is 92.8 cm³/mol. The molecule has 1 amide bonds. The molecule has 1 aromatic carbocycles. The third-order valence-electron chi connectivity index (χ3n) is 3.80. The fraction of sp³-hybridized carbons (Fsp3) is 0.353. The minimum absolute atomic E-state index is 0.000337. The highest BCUT2D eigenvalue weighted by atomic mass is 16.5. The van der Waals surface area contributed by atoms with Gasteiger partial charge in [0.1, 0.15) is 0 Å². The van der Waals surface area contributed by atoms with Crippen molar-refractivity contribution in [2.75, 3.05) is 32.0 Å². The molecule has 0 spiro atoms. The summed E-state index contributed by atoms with van der Waals surface area (Å²) in [5.41, 5.74) is 0.707. The average molecular weight is 344 g/mol. The molecule has 132 valence electrons. The summed E-state index contributed by atoms with van der Waals surface area (Å²) < 4.78 is 15.9. The van der Waals surface area contributed by atoms with Gasteiger partial charge in [-0.15, -0.1) is 10.2 Å². The van der Waals surface area contributed by atoms with Crippen LogP contribution in [-0.4, -0.2) is 37.4 Å². The quantitative estimate of drug-likeness (QED) is 0.797. The largest absolute Gasteiger partial charge is 0.493 e. The molecule has 2 aromatic rings. The highest BCUT2D eigenvalue weighted by Gasteiger charge is 2.29. The molecule has 0 radical (unpaired) electrons. The van der Waals surface area contributed by atoms with Gasteiger partial charge < -0.3 is 24.8 Å². The van der Waals surface area contributed by atoms with Gasteiger partial charge in [0.25, 0.3) is 0 Å². The number of hydrogen-bond donors (Lipinski definition) is 2. The second kappa shape index (κ2) is 7.25. The number of carbonyl (C=O) groups excluding carboxylic acids is 1. The van der Waals surface area contributed by atoms with Crippen LogP contribution in [0.3, 0.4) is 0 Å². The summed E-state index contributed by atoms with van der Waals surface area (Å²) >= 11 is 0. The van der Waals surface area contributed by atoms with Crippen molar-refractivity contribution in [3.05, 3.63) is 24.3 Å². The van der Waals surface area contributed by atoms with E-state index in [0.29, 0.717) is 34.6 Å². The van der Waals surface area contributed by atoms with Gasteiger partial charge >= 0.3 is 0 Å². The number of benzene rings is 1. The number of anilines is 3. The molecule has 0 bridgehead atoms. The lowest BCUT2D eigenvalue weighted by Gasteiger charge is -2.14. The van der Waals surface area contributed by atoms with Crippen LogP contribution in [0.5, 0.6) is 17.2 Å². The van der Waals surface area contributed by atoms with Crippen LogP contribution < -0.4 is 24.8 Å². The van der Waals surface area contributed by atoms with E-state index < -0.39 is 0 Å². The van der Waals surface area contributed by atoms with E-state index in [9.17, 15) is 4.79 Å². The Morgan fingerprint density at radius 2 is 1.60 bits per heavy atom. The molecule has 1 aliphatic carbocycles. The monoisotopic (exact) mass is 344 g/mol. The third kappa shape index (κ3) is 3.90. The molecule has 0 unspecified atom stereocenters. The van der Waals surface area contributed by atoms with Crippen LogP contribution in [0.25, 0.3) is 0 Å². The number of carbonyl (C=O) groups is 1. The van der Waals surface area contributed by atoms with E-state index in [1.54, 1.807) is 45.6 Å². The molecule has 2 N–H and O–H groups in total. The predicted octanol–water partition coefficient (Wildman–Crippen LogP) is 2.59. The summed E-state index contributed by atoms with van der Waals surface area (Å²) in [7, 11) is 4.66. The summed E-state index contributed by atoms with van der Waals surface area (Å²) in [5.74, 6) is 2.67. The zero-order chi connectivity index (χ0) is 17.8. The Balaban J connectivity index is 1.74. The van der Waals surface area contributed by atoms with Crippen molar-refractivity contribution >= 4 is 23.2 Å². The first-order valence-corrected chi connectivity index (χ1v) is 7.86. The maximum atomic E-state index is 11.7. The van der Waals surface area contributed by atoms with Crippen LogP contribution in [0.2, 0.25) is 0 Å². The molecule has 25 heavy (non-hydrogen) atoms. The van der Waals surface area contributed by atoms with E-state index in [1.165, 1.54) is 0 Å². The summed E-state index contributed by atoms with van der Waals surface area (Å²) in [6.45, 7) is 0. The van der Waals surface area contributed by atoms with E-state index in [0.717, 1.165) is 12.8 Å². The number of ether oxygens (including phenoxy) is 3. The van der Waals surface area contributed by atoms with Crippen molar-refractivity contribution in [1.29, 1.82) is 0 Å². The Kier molecular flexibility index (Phi) is 4.87. The summed E-state index contributed by atoms with van der Waals surface area (Å²) in [5, 5.41) is 14.0. The molecule has 8 heteroatoms. The summed E-state index contributed by atoms with van der Waals surface area (Å²) in [6.07, 6.45) is 1.89. The zero-order valence-electron chi connectivity index (χ0n) is 14.3. The molecule has 8 nitrogen and oxygen atoms in total. The number of aromatic nitrogens is 2. The smallest absolute Gasteiger partial charge is 0.228 e. The lowest BCUT2D eigenvalue weighted by atomic mass is 10.2. The number of nitrogens with zero attached hydrogens (tertiary/aromatic N) is 2. The summed E-state index contributed by atoms with van der Waals surface area (Å²) in [4.78, 5) is 11.7. The van der Waals surface area contributed by atoms with E-state index in [2.05, 4.69) is 20.8 Å². The molecule has 1 fully saturated rings. The fourth-order valence-corrected chi connectivity index (χ4v) is 2.34. The molecule has 1 aromatic heterocycles. The van der Waals surface area contributed by atoms with Gasteiger partial charge in [-0.05, 0) is 25.0 Å². The van der Waals surface area contributed by atoms with Crippen LogP contribution in [0.1, 0.15) is 12.8 Å². The number of hydrogen-bond acceptors (Lipinski definition) is 7. The van der Waals surface area contributed by atoms with E-state index in [1.807, 2.05) is 0 Å². The van der Waals surface area contributed by atoms with Gasteiger partial charge in [0.2, 0.25) is 11.7 Å². The van der Waals surface area contributed by atoms with Crippen LogP contribution >= 0.6 is 0 Å². The van der Waals surface area contributed by atoms with Gasteiger partial charge in [-0.2, -0.15) is 0 Å². The first kappa shape index (κ1) is 16.8. The van der Waals surface area contributed by atoms with Gasteiger partial charge in [0.15, 0.2) is 23.1 Å². The standard InChI is InChI=1S/C17H20N4O4/c1-23-12-8-11(9-13(24-2)16(12)25-3)18-14-6-7-15(21-20-14)19-17(22)10-4-5-10/h6-10H,4-5H2,1-3H3,(H,18,20)(H,19,21,22). The van der Waals surface area contributed by atoms with E-state index in [4.69, 9.17) is 14.2 Å². The molecule has 1 aliphatic rings. The Labute approximate surface area is 145 Å². The minimum Gasteiger partial charge on any atom is -0.493 e. The van der Waals surface area contributed by atoms with Crippen molar-refractivity contribution in [3.63, 3.8) is 0 Å². The second-order valence-electron chi connectivity index (χ2n) is 5.61. The maximum Gasteiger partial charge on any atom is 0.228 e. The topological polar surface area (TPSA) is 94.6 Å². The van der Waals surface area contributed by atoms with Crippen LogP contribution in [0.15, 0.2) is 24.3 Å². The SMILES string of the molecule is COc1cc(Nc2ccc(NC(=O)C3CC3)nn2)cc(OC)c1OC. The van der Waals surface area contributed by atoms with Crippen molar-refractivity contribution in [2.45, 2.75) is 12.8 Å². The zero-order valence-corrected chi connectivity index (χ0v) is 14.3. The normalized spacial score (nSPS) is 13.1. The molecular formula is C17H20N4O4. The Bertz CT molecular complexity index is 735. The number of methoxy groups -OCH3 is 3. The highest BCUT2D eigenvalue weighted by molar-refractivity contribution is 5.93. The molecule has 0 atom stereocenters. The maximum absolute atomic E-state index is 11.7. The van der Waals surface area contributed by atoms with Gasteiger partial charge in [-0.25, -0.2) is 0 Å². The fourth-order valence-electron chi connectivity index (χ4n) is 2.34. The number of nitrogens with one attached hydrogen (secondary N) is 2. The first-order chi connectivity index (χ1) is 12.1. The van der Waals surface area contributed by atoms with Gasteiger partial charge in [0.05, 0.1) is 21.3 Å². The molecular weight excluding hydrogens is 324 g/mol. The molecule has 0 aliphatic heterocycles. The summed E-state index contributed by atoms with van der Waals surface area (Å²) in [6, 6.07) is 6.98. The van der Waals surface area contributed by atoms with Crippen molar-refractivity contribution in [2.24, 2.45) is 5.92 Å². The van der Waals surface area contributed by atoms with E-state index in [-0.39, 0.29) is 11.8 Å². The average Bonchev–Trinajstić information content (AvgIpc) is 3.47. The highest BCUT2D eigenvalue weighted by Crippen LogP contribution is 2.40. The molecule has 0 saturated heterocycles. The van der Waals surface area contributed by atoms with Gasteiger partial charge in [-0.1, -0.05) is 0 Å². The van der Waals surface area contributed by atoms with Crippen molar-refractivity contribution < 1.29 is 19.0 Å². The Morgan fingerprint density at radius 1 is 1.00 bits per heavy atom. The van der Waals surface area contributed by atoms with Crippen molar-refractivity contribution in [1.82, 2.24) is 10.2 Å². The lowest BCUT2D eigenvalue weighted by Crippen LogP contribution is -2.14. The Hall–Kier alpha value is -3.03. The molecule has 1 heterocycles. The first-order valence-electron chi connectivity index (χ1n) is 7.86. The van der Waals surface area contributed by atoms with Crippen LogP contribution in [-0.2, 0) is 4.79 Å². The lowest BCUT2D eigenvalue weighted by molar-refractivity contribution is -0.117. The molecule has 1 saturated carbocycles. The number of amides is 1. The van der Waals surface area contributed by atoms with Gasteiger partial charge in [0, 0.05) is 23.7 Å². The van der Waals surface area contributed by atoms with Crippen LogP contribution in [0, 0.1) is 5.92 Å². The van der Waals surface area contributed by atoms with E-state index >= 15 is 0 Å². The number of rotatable bonds is 7. The van der Waals surface area contributed by atoms with Crippen LogP contribution in [0.4, 0.5) is 17.3 Å². The van der Waals surface area contributed by atoms with Gasteiger partial charge in [-0.3, -0.25) is 4.79 Å². The minimum atomic E-state index is -0.000337. The second-order valence-corrected chi connectivity index (χ2v) is 5.61. The van der Waals surface area contributed by atoms with Crippen molar-refractivity contribution in [3.8, 4) is 17.2 Å². The molecule has 3 rings (SSSR count). The Morgan fingerprint density at radius 3 is 2.08 bits per heavy atom. The third-order valence-corrected chi connectivity index (χ3v) is 3.80.